The number of piperidine rings is 1. The van der Waals surface area contributed by atoms with Gasteiger partial charge in [0.25, 0.3) is 0 Å². The molecule has 0 aromatic carbocycles. The van der Waals surface area contributed by atoms with Gasteiger partial charge in [-0.3, -0.25) is 0 Å². The normalized spacial score (nSPS) is 20.8. The van der Waals surface area contributed by atoms with Crippen molar-refractivity contribution in [1.29, 1.82) is 0 Å². The van der Waals surface area contributed by atoms with Crippen molar-refractivity contribution in [2.24, 2.45) is 0 Å². The van der Waals surface area contributed by atoms with E-state index in [0.29, 0.717) is 23.8 Å². The highest BCUT2D eigenvalue weighted by Gasteiger charge is 2.13. The lowest BCUT2D eigenvalue weighted by Crippen LogP contribution is -2.38. The molecule has 5 heteroatoms. The minimum absolute atomic E-state index is 0.373. The van der Waals surface area contributed by atoms with Crippen LogP contribution in [0.5, 0.6) is 6.01 Å². The number of rotatable bonds is 3. The first-order chi connectivity index (χ1) is 7.74. The van der Waals surface area contributed by atoms with Gasteiger partial charge in [0.15, 0.2) is 0 Å². The number of halogens is 1. The Labute approximate surface area is 100 Å². The maximum Gasteiger partial charge on any atom is 0.318 e. The minimum Gasteiger partial charge on any atom is -0.462 e. The second-order valence-corrected chi connectivity index (χ2v) is 4.46. The van der Waals surface area contributed by atoms with Crippen LogP contribution in [0.1, 0.15) is 25.0 Å². The third-order valence-electron chi connectivity index (χ3n) is 2.63. The van der Waals surface area contributed by atoms with Gasteiger partial charge in [0, 0.05) is 11.7 Å². The van der Waals surface area contributed by atoms with Gasteiger partial charge in [-0.15, -0.1) is 0 Å². The average Bonchev–Trinajstić information content (AvgIpc) is 2.27. The number of aromatic nitrogens is 2. The number of ether oxygens (including phenoxy) is 1. The predicted molar refractivity (Wildman–Crippen MR) is 62.9 cm³/mol. The van der Waals surface area contributed by atoms with E-state index in [0.717, 1.165) is 18.7 Å². The summed E-state index contributed by atoms with van der Waals surface area (Å²) in [5.74, 6) is 0. The van der Waals surface area contributed by atoms with Gasteiger partial charge >= 0.3 is 6.01 Å². The molecule has 1 saturated heterocycles. The van der Waals surface area contributed by atoms with E-state index in [-0.39, 0.29) is 0 Å². The van der Waals surface area contributed by atoms with Gasteiger partial charge in [-0.1, -0.05) is 18.0 Å². The van der Waals surface area contributed by atoms with E-state index in [9.17, 15) is 0 Å². The van der Waals surface area contributed by atoms with Crippen molar-refractivity contribution in [2.45, 2.75) is 32.2 Å². The van der Waals surface area contributed by atoms with Gasteiger partial charge in [0.1, 0.15) is 11.8 Å². The lowest BCUT2D eigenvalue weighted by atomic mass is 10.1. The maximum absolute atomic E-state index is 5.82. The van der Waals surface area contributed by atoms with Gasteiger partial charge < -0.3 is 10.1 Å². The largest absolute Gasteiger partial charge is 0.462 e. The Balaban J connectivity index is 1.88. The third-order valence-corrected chi connectivity index (χ3v) is 2.82. The van der Waals surface area contributed by atoms with E-state index in [2.05, 4.69) is 15.3 Å². The molecule has 1 aliphatic rings. The molecule has 1 atom stereocenters. The molecule has 0 spiro atoms. The topological polar surface area (TPSA) is 47.0 Å². The van der Waals surface area contributed by atoms with Crippen LogP contribution in [0, 0.1) is 6.92 Å². The standard InChI is InChI=1S/C11H16ClN3O/c1-8-6-10(12)15-11(14-8)16-7-9-4-2-3-5-13-9/h6,9,13H,2-5,7H2,1H3/t9-/m1/s1. The van der Waals surface area contributed by atoms with E-state index in [1.165, 1.54) is 12.8 Å². The zero-order valence-corrected chi connectivity index (χ0v) is 10.1. The highest BCUT2D eigenvalue weighted by molar-refractivity contribution is 6.29. The predicted octanol–water partition coefficient (Wildman–Crippen LogP) is 1.96. The quantitative estimate of drug-likeness (QED) is 0.822. The summed E-state index contributed by atoms with van der Waals surface area (Å²) in [7, 11) is 0. The molecule has 1 N–H and O–H groups in total. The fourth-order valence-electron chi connectivity index (χ4n) is 1.81. The van der Waals surface area contributed by atoms with Crippen molar-refractivity contribution in [3.05, 3.63) is 16.9 Å². The van der Waals surface area contributed by atoms with Crippen LogP contribution in [0.2, 0.25) is 5.15 Å². The number of aryl methyl sites for hydroxylation is 1. The number of nitrogens with zero attached hydrogens (tertiary/aromatic N) is 2. The Kier molecular flexibility index (Phi) is 3.96. The summed E-state index contributed by atoms with van der Waals surface area (Å²) in [6.45, 7) is 3.56. The summed E-state index contributed by atoms with van der Waals surface area (Å²) < 4.78 is 5.54. The summed E-state index contributed by atoms with van der Waals surface area (Å²) in [5, 5.41) is 3.83. The fourth-order valence-corrected chi connectivity index (χ4v) is 2.04. The lowest BCUT2D eigenvalue weighted by Gasteiger charge is -2.22. The summed E-state index contributed by atoms with van der Waals surface area (Å²) >= 11 is 5.82. The molecule has 2 rings (SSSR count). The molecule has 0 amide bonds. The molecule has 1 aromatic rings. The first-order valence-electron chi connectivity index (χ1n) is 5.61. The monoisotopic (exact) mass is 241 g/mol. The van der Waals surface area contributed by atoms with Crippen molar-refractivity contribution in [1.82, 2.24) is 15.3 Å². The van der Waals surface area contributed by atoms with E-state index in [1.807, 2.05) is 6.92 Å². The number of hydrogen-bond donors (Lipinski definition) is 1. The SMILES string of the molecule is Cc1cc(Cl)nc(OC[C@H]2CCCCN2)n1. The van der Waals surface area contributed by atoms with Crippen molar-refractivity contribution >= 4 is 11.6 Å². The van der Waals surface area contributed by atoms with Crippen LogP contribution in [0.4, 0.5) is 0 Å². The molecule has 0 saturated carbocycles. The first-order valence-corrected chi connectivity index (χ1v) is 5.99. The second-order valence-electron chi connectivity index (χ2n) is 4.07. The average molecular weight is 242 g/mol. The Morgan fingerprint density at radius 2 is 2.38 bits per heavy atom. The summed E-state index contributed by atoms with van der Waals surface area (Å²) in [6, 6.07) is 2.50. The van der Waals surface area contributed by atoms with Gasteiger partial charge in [0.05, 0.1) is 0 Å². The van der Waals surface area contributed by atoms with E-state index in [4.69, 9.17) is 16.3 Å². The highest BCUT2D eigenvalue weighted by Crippen LogP contribution is 2.13. The third kappa shape index (κ3) is 3.32. The van der Waals surface area contributed by atoms with Crippen LogP contribution in [0.3, 0.4) is 0 Å². The van der Waals surface area contributed by atoms with E-state index < -0.39 is 0 Å². The van der Waals surface area contributed by atoms with Crippen molar-refractivity contribution in [3.8, 4) is 6.01 Å². The van der Waals surface area contributed by atoms with Crippen molar-refractivity contribution in [3.63, 3.8) is 0 Å². The van der Waals surface area contributed by atoms with Crippen LogP contribution in [-0.4, -0.2) is 29.2 Å². The molecule has 0 aliphatic carbocycles. The molecule has 88 valence electrons. The van der Waals surface area contributed by atoms with Crippen LogP contribution in [0.25, 0.3) is 0 Å². The van der Waals surface area contributed by atoms with E-state index in [1.54, 1.807) is 6.07 Å². The first kappa shape index (κ1) is 11.6. The Morgan fingerprint density at radius 1 is 1.50 bits per heavy atom. The number of nitrogens with one attached hydrogen (secondary N) is 1. The summed E-state index contributed by atoms with van der Waals surface area (Å²) in [6.07, 6.45) is 3.67. The molecule has 0 bridgehead atoms. The van der Waals surface area contributed by atoms with E-state index >= 15 is 0 Å². The summed E-state index contributed by atoms with van der Waals surface area (Å²) in [4.78, 5) is 8.20. The van der Waals surface area contributed by atoms with Gasteiger partial charge in [-0.25, -0.2) is 4.98 Å². The van der Waals surface area contributed by atoms with Crippen LogP contribution < -0.4 is 10.1 Å². The minimum atomic E-state index is 0.373. The van der Waals surface area contributed by atoms with Gasteiger partial charge in [0.2, 0.25) is 0 Å². The Morgan fingerprint density at radius 3 is 3.06 bits per heavy atom. The molecule has 1 fully saturated rings. The molecule has 16 heavy (non-hydrogen) atoms. The molecular formula is C11H16ClN3O. The zero-order chi connectivity index (χ0) is 11.4. The van der Waals surface area contributed by atoms with Gasteiger partial charge in [-0.2, -0.15) is 4.98 Å². The van der Waals surface area contributed by atoms with Crippen LogP contribution in [0.15, 0.2) is 6.07 Å². The summed E-state index contributed by atoms with van der Waals surface area (Å²) in [5.41, 5.74) is 0.826. The smallest absolute Gasteiger partial charge is 0.318 e. The highest BCUT2D eigenvalue weighted by atomic mass is 35.5. The molecule has 0 unspecified atom stereocenters. The Hall–Kier alpha value is -0.870. The van der Waals surface area contributed by atoms with Crippen molar-refractivity contribution in [2.75, 3.05) is 13.2 Å². The lowest BCUT2D eigenvalue weighted by molar-refractivity contribution is 0.224. The van der Waals surface area contributed by atoms with Crippen molar-refractivity contribution < 1.29 is 4.74 Å². The fraction of sp³-hybridized carbons (Fsp3) is 0.636. The molecule has 2 heterocycles. The Bertz CT molecular complexity index is 333. The molecule has 1 aromatic heterocycles. The zero-order valence-electron chi connectivity index (χ0n) is 9.37. The molecule has 1 aliphatic heterocycles. The molecular weight excluding hydrogens is 226 g/mol. The molecule has 0 radical (unpaired) electrons. The maximum atomic E-state index is 5.82. The van der Waals surface area contributed by atoms with Crippen LogP contribution in [-0.2, 0) is 0 Å². The molecule has 4 nitrogen and oxygen atoms in total. The number of hydrogen-bond acceptors (Lipinski definition) is 4. The van der Waals surface area contributed by atoms with Crippen LogP contribution >= 0.6 is 11.6 Å². The van der Waals surface area contributed by atoms with Gasteiger partial charge in [-0.05, 0) is 32.4 Å². The second kappa shape index (κ2) is 5.46.